The Morgan fingerprint density at radius 2 is 1.80 bits per heavy atom. The van der Waals surface area contributed by atoms with Crippen molar-refractivity contribution in [3.05, 3.63) is 82.9 Å². The topological polar surface area (TPSA) is 144 Å². The first-order chi connectivity index (χ1) is 19.8. The molecule has 11 heteroatoms. The molecule has 3 amide bonds. The van der Waals surface area contributed by atoms with Crippen LogP contribution in [0.3, 0.4) is 0 Å². The Bertz CT molecular complexity index is 1570. The molecule has 0 spiro atoms. The normalized spacial score (nSPS) is 15.4. The van der Waals surface area contributed by atoms with E-state index < -0.39 is 17.9 Å². The van der Waals surface area contributed by atoms with Gasteiger partial charge in [0.1, 0.15) is 10.9 Å². The third-order valence-corrected chi connectivity index (χ3v) is 8.01. The number of hydrogen-bond donors (Lipinski definition) is 3. The fourth-order valence-electron chi connectivity index (χ4n) is 5.01. The molecule has 2 atom stereocenters. The minimum atomic E-state index is -1.08. The zero-order chi connectivity index (χ0) is 29.1. The van der Waals surface area contributed by atoms with Crippen molar-refractivity contribution in [3.63, 3.8) is 0 Å². The number of primary amides is 1. The first-order valence-electron chi connectivity index (χ1n) is 13.3. The SMILES string of the molecule is CN(C)c1ccc([C@@H](C(=O)NC[C@H]2CCCO2)N(C(=O)c2snc(C(N)=O)c2N)c2cccc3ccccc23)cc1. The molecule has 1 fully saturated rings. The molecule has 0 radical (unpaired) electrons. The van der Waals surface area contributed by atoms with E-state index in [9.17, 15) is 14.4 Å². The molecule has 5 N–H and O–H groups in total. The molecule has 2 heterocycles. The van der Waals surface area contributed by atoms with Crippen LogP contribution in [0.2, 0.25) is 0 Å². The second-order valence-corrected chi connectivity index (χ2v) is 10.9. The highest BCUT2D eigenvalue weighted by molar-refractivity contribution is 7.09. The van der Waals surface area contributed by atoms with Crippen LogP contribution in [-0.4, -0.2) is 55.4 Å². The third-order valence-electron chi connectivity index (χ3n) is 7.16. The summed E-state index contributed by atoms with van der Waals surface area (Å²) in [5.41, 5.74) is 13.4. The Labute approximate surface area is 242 Å². The van der Waals surface area contributed by atoms with Crippen LogP contribution in [0.25, 0.3) is 10.8 Å². The van der Waals surface area contributed by atoms with E-state index in [0.29, 0.717) is 24.4 Å². The van der Waals surface area contributed by atoms with Crippen molar-refractivity contribution in [3.8, 4) is 0 Å². The number of ether oxygens (including phenoxy) is 1. The van der Waals surface area contributed by atoms with Crippen LogP contribution in [0, 0.1) is 0 Å². The van der Waals surface area contributed by atoms with Crippen molar-refractivity contribution in [1.29, 1.82) is 0 Å². The minimum Gasteiger partial charge on any atom is -0.395 e. The second-order valence-electron chi connectivity index (χ2n) is 10.1. The zero-order valence-electron chi connectivity index (χ0n) is 22.9. The molecule has 0 aliphatic carbocycles. The van der Waals surface area contributed by atoms with E-state index in [4.69, 9.17) is 16.2 Å². The van der Waals surface area contributed by atoms with Gasteiger partial charge in [-0.1, -0.05) is 48.5 Å². The summed E-state index contributed by atoms with van der Waals surface area (Å²) in [6, 6.07) is 19.6. The molecule has 1 saturated heterocycles. The molecule has 1 aliphatic heterocycles. The minimum absolute atomic E-state index is 0.0218. The molecule has 3 aromatic carbocycles. The van der Waals surface area contributed by atoms with Gasteiger partial charge in [0.15, 0.2) is 5.69 Å². The van der Waals surface area contributed by atoms with E-state index >= 15 is 0 Å². The lowest BCUT2D eigenvalue weighted by molar-refractivity contribution is -0.123. The van der Waals surface area contributed by atoms with E-state index in [1.165, 1.54) is 4.90 Å². The first-order valence-corrected chi connectivity index (χ1v) is 14.1. The van der Waals surface area contributed by atoms with Gasteiger partial charge in [0.2, 0.25) is 5.91 Å². The fourth-order valence-corrected chi connectivity index (χ4v) is 5.75. The Balaban J connectivity index is 1.68. The summed E-state index contributed by atoms with van der Waals surface area (Å²) in [7, 11) is 3.85. The lowest BCUT2D eigenvalue weighted by atomic mass is 9.99. The average Bonchev–Trinajstić information content (AvgIpc) is 3.64. The summed E-state index contributed by atoms with van der Waals surface area (Å²) in [4.78, 5) is 43.9. The lowest BCUT2D eigenvalue weighted by Crippen LogP contribution is -2.45. The van der Waals surface area contributed by atoms with E-state index in [1.54, 1.807) is 6.07 Å². The van der Waals surface area contributed by atoms with Gasteiger partial charge in [-0.25, -0.2) is 0 Å². The van der Waals surface area contributed by atoms with Crippen LogP contribution < -0.4 is 26.6 Å². The number of benzene rings is 3. The summed E-state index contributed by atoms with van der Waals surface area (Å²) in [6.45, 7) is 0.973. The summed E-state index contributed by atoms with van der Waals surface area (Å²) in [5.74, 6) is -1.78. The fraction of sp³-hybridized carbons (Fsp3) is 0.267. The molecule has 4 aromatic rings. The quantitative estimate of drug-likeness (QED) is 0.277. The van der Waals surface area contributed by atoms with Gasteiger partial charge >= 0.3 is 0 Å². The number of rotatable bonds is 9. The van der Waals surface area contributed by atoms with E-state index in [0.717, 1.165) is 40.8 Å². The standard InChI is InChI=1S/C30H32N6O4S/c1-35(2)20-14-12-19(13-15-20)26(29(38)33-17-21-9-6-16-40-21)36(23-11-5-8-18-7-3-4-10-22(18)23)30(39)27-24(31)25(28(32)37)34-41-27/h3-5,7-8,10-15,21,26H,6,9,16-17,31H2,1-2H3,(H2,32,37)(H,33,38)/t21-,26+/m1/s1. The number of carbonyl (C=O) groups excluding carboxylic acids is 3. The highest BCUT2D eigenvalue weighted by Gasteiger charge is 2.37. The van der Waals surface area contributed by atoms with Crippen LogP contribution in [0.1, 0.15) is 44.6 Å². The molecular formula is C30H32N6O4S. The van der Waals surface area contributed by atoms with Crippen LogP contribution in [0.4, 0.5) is 17.1 Å². The number of anilines is 3. The number of aromatic nitrogens is 1. The first kappa shape index (κ1) is 28.1. The molecule has 5 rings (SSSR count). The van der Waals surface area contributed by atoms with E-state index in [-0.39, 0.29) is 28.3 Å². The maximum Gasteiger partial charge on any atom is 0.273 e. The van der Waals surface area contributed by atoms with Crippen LogP contribution >= 0.6 is 11.5 Å². The number of fused-ring (bicyclic) bond motifs is 1. The van der Waals surface area contributed by atoms with Gasteiger partial charge in [-0.3, -0.25) is 19.3 Å². The van der Waals surface area contributed by atoms with Gasteiger partial charge in [-0.2, -0.15) is 4.37 Å². The number of nitrogens with two attached hydrogens (primary N) is 2. The lowest BCUT2D eigenvalue weighted by Gasteiger charge is -2.32. The van der Waals surface area contributed by atoms with Crippen molar-refractivity contribution >= 4 is 57.1 Å². The van der Waals surface area contributed by atoms with Crippen LogP contribution in [-0.2, 0) is 9.53 Å². The third kappa shape index (κ3) is 5.72. The summed E-state index contributed by atoms with van der Waals surface area (Å²) >= 11 is 0.780. The predicted octanol–water partition coefficient (Wildman–Crippen LogP) is 3.73. The van der Waals surface area contributed by atoms with Gasteiger partial charge in [-0.05, 0) is 53.5 Å². The zero-order valence-corrected chi connectivity index (χ0v) is 23.7. The summed E-state index contributed by atoms with van der Waals surface area (Å²) < 4.78 is 9.77. The van der Waals surface area contributed by atoms with Crippen molar-refractivity contribution < 1.29 is 19.1 Å². The smallest absolute Gasteiger partial charge is 0.273 e. The number of amides is 3. The monoisotopic (exact) mass is 572 g/mol. The summed E-state index contributed by atoms with van der Waals surface area (Å²) in [5, 5.41) is 4.67. The van der Waals surface area contributed by atoms with Crippen molar-refractivity contribution in [2.24, 2.45) is 5.73 Å². The van der Waals surface area contributed by atoms with Crippen LogP contribution in [0.5, 0.6) is 0 Å². The number of carbonyl (C=O) groups is 3. The number of hydrogen-bond acceptors (Lipinski definition) is 8. The van der Waals surface area contributed by atoms with Crippen molar-refractivity contribution in [2.75, 3.05) is 42.8 Å². The molecule has 0 bridgehead atoms. The van der Waals surface area contributed by atoms with Crippen LogP contribution in [0.15, 0.2) is 66.7 Å². The second kappa shape index (κ2) is 11.9. The van der Waals surface area contributed by atoms with Gasteiger partial charge < -0.3 is 26.4 Å². The molecule has 1 aromatic heterocycles. The molecule has 0 saturated carbocycles. The molecule has 10 nitrogen and oxygen atoms in total. The highest BCUT2D eigenvalue weighted by atomic mass is 32.1. The predicted molar refractivity (Wildman–Crippen MR) is 161 cm³/mol. The maximum atomic E-state index is 14.5. The van der Waals surface area contributed by atoms with Crippen molar-refractivity contribution in [2.45, 2.75) is 25.0 Å². The number of nitrogens with one attached hydrogen (secondary N) is 1. The van der Waals surface area contributed by atoms with E-state index in [1.807, 2.05) is 79.7 Å². The number of nitrogens with zero attached hydrogens (tertiary/aromatic N) is 3. The Morgan fingerprint density at radius 3 is 2.46 bits per heavy atom. The average molecular weight is 573 g/mol. The van der Waals surface area contributed by atoms with Gasteiger partial charge in [0, 0.05) is 38.3 Å². The summed E-state index contributed by atoms with van der Waals surface area (Å²) in [6.07, 6.45) is 1.69. The highest BCUT2D eigenvalue weighted by Crippen LogP contribution is 2.37. The van der Waals surface area contributed by atoms with Gasteiger partial charge in [0.05, 0.1) is 17.5 Å². The Morgan fingerprint density at radius 1 is 1.07 bits per heavy atom. The molecule has 1 aliphatic rings. The molecule has 212 valence electrons. The molecule has 41 heavy (non-hydrogen) atoms. The Hall–Kier alpha value is -4.48. The van der Waals surface area contributed by atoms with E-state index in [2.05, 4.69) is 9.69 Å². The Kier molecular flexibility index (Phi) is 8.18. The number of nitrogen functional groups attached to an aromatic ring is 1. The van der Waals surface area contributed by atoms with Gasteiger partial charge in [0.25, 0.3) is 11.8 Å². The molecule has 0 unspecified atom stereocenters. The molecular weight excluding hydrogens is 540 g/mol. The van der Waals surface area contributed by atoms with Crippen molar-refractivity contribution in [1.82, 2.24) is 9.69 Å². The largest absolute Gasteiger partial charge is 0.395 e. The maximum absolute atomic E-state index is 14.5. The van der Waals surface area contributed by atoms with Gasteiger partial charge in [-0.15, -0.1) is 0 Å².